The minimum absolute atomic E-state index is 0.409. The maximum Gasteiger partial charge on any atom is 0.0615 e. The maximum atomic E-state index is 5.25. The van der Waals surface area contributed by atoms with Gasteiger partial charge in [0.2, 0.25) is 0 Å². The van der Waals surface area contributed by atoms with Gasteiger partial charge in [0.05, 0.1) is 13.2 Å². The van der Waals surface area contributed by atoms with E-state index in [2.05, 4.69) is 37.9 Å². The first kappa shape index (κ1) is 16.8. The molecule has 0 aliphatic carbocycles. The summed E-state index contributed by atoms with van der Waals surface area (Å²) in [7, 11) is 3.50. The summed E-state index contributed by atoms with van der Waals surface area (Å²) >= 11 is 0. The highest BCUT2D eigenvalue weighted by Gasteiger charge is 2.23. The Morgan fingerprint density at radius 1 is 1.12 bits per heavy atom. The Kier molecular flexibility index (Phi) is 9.74. The molecule has 0 aromatic rings. The van der Waals surface area contributed by atoms with Crippen molar-refractivity contribution in [3.05, 3.63) is 0 Å². The van der Waals surface area contributed by atoms with Gasteiger partial charge in [-0.25, -0.2) is 0 Å². The van der Waals surface area contributed by atoms with Crippen LogP contribution in [0.25, 0.3) is 0 Å². The Hall–Kier alpha value is -0.160. The van der Waals surface area contributed by atoms with Crippen molar-refractivity contribution in [2.75, 3.05) is 40.5 Å². The number of nitrogens with zero attached hydrogens (tertiary/aromatic N) is 1. The molecule has 0 bridgehead atoms. The van der Waals surface area contributed by atoms with Gasteiger partial charge in [0, 0.05) is 38.9 Å². The molecule has 0 aliphatic heterocycles. The van der Waals surface area contributed by atoms with Crippen molar-refractivity contribution >= 4 is 0 Å². The quantitative estimate of drug-likeness (QED) is 0.631. The molecule has 0 aromatic heterocycles. The number of methoxy groups -OCH3 is 2. The van der Waals surface area contributed by atoms with E-state index in [1.54, 1.807) is 14.2 Å². The van der Waals surface area contributed by atoms with Crippen molar-refractivity contribution in [3.63, 3.8) is 0 Å². The van der Waals surface area contributed by atoms with Gasteiger partial charge in [-0.05, 0) is 27.3 Å². The van der Waals surface area contributed by atoms with E-state index in [4.69, 9.17) is 9.47 Å². The zero-order valence-electron chi connectivity index (χ0n) is 12.3. The van der Waals surface area contributed by atoms with Crippen molar-refractivity contribution in [1.82, 2.24) is 10.2 Å². The Bertz CT molecular complexity index is 179. The van der Waals surface area contributed by atoms with Crippen LogP contribution in [0.2, 0.25) is 0 Å². The van der Waals surface area contributed by atoms with E-state index < -0.39 is 0 Å². The summed E-state index contributed by atoms with van der Waals surface area (Å²) in [5, 5.41) is 3.48. The standard InChI is InChI=1S/C13H30N2O2/c1-7-14-12(3)13(4)15(8-9-16-5)11(2)10-17-6/h11-14H,7-10H2,1-6H3. The van der Waals surface area contributed by atoms with Crippen LogP contribution in [0.1, 0.15) is 27.7 Å². The van der Waals surface area contributed by atoms with Crippen LogP contribution in [0.3, 0.4) is 0 Å². The van der Waals surface area contributed by atoms with Crippen LogP contribution < -0.4 is 5.32 Å². The molecule has 4 nitrogen and oxygen atoms in total. The summed E-state index contributed by atoms with van der Waals surface area (Å²) in [5.74, 6) is 0. The fraction of sp³-hybridized carbons (Fsp3) is 1.00. The molecule has 0 aliphatic rings. The van der Waals surface area contributed by atoms with Gasteiger partial charge >= 0.3 is 0 Å². The molecule has 104 valence electrons. The summed E-state index contributed by atoms with van der Waals surface area (Å²) in [6, 6.07) is 1.35. The lowest BCUT2D eigenvalue weighted by molar-refractivity contribution is 0.0424. The van der Waals surface area contributed by atoms with Crippen molar-refractivity contribution in [3.8, 4) is 0 Å². The first-order valence-corrected chi connectivity index (χ1v) is 6.55. The highest BCUT2D eigenvalue weighted by Crippen LogP contribution is 2.09. The molecule has 0 heterocycles. The molecular formula is C13H30N2O2. The molecule has 0 saturated carbocycles. The predicted molar refractivity (Wildman–Crippen MR) is 72.5 cm³/mol. The van der Waals surface area contributed by atoms with E-state index in [1.165, 1.54) is 0 Å². The minimum atomic E-state index is 0.409. The second-order valence-corrected chi connectivity index (χ2v) is 4.62. The Morgan fingerprint density at radius 3 is 2.24 bits per heavy atom. The smallest absolute Gasteiger partial charge is 0.0615 e. The van der Waals surface area contributed by atoms with Crippen molar-refractivity contribution in [2.45, 2.75) is 45.8 Å². The number of likely N-dealkylation sites (N-methyl/N-ethyl adjacent to an activating group) is 1. The molecule has 3 atom stereocenters. The van der Waals surface area contributed by atoms with Crippen LogP contribution in [-0.4, -0.2) is 63.5 Å². The highest BCUT2D eigenvalue weighted by molar-refractivity contribution is 4.81. The van der Waals surface area contributed by atoms with Crippen LogP contribution in [-0.2, 0) is 9.47 Å². The molecule has 0 aromatic carbocycles. The van der Waals surface area contributed by atoms with Crippen LogP contribution in [0.5, 0.6) is 0 Å². The summed E-state index contributed by atoms with van der Waals surface area (Å²) in [5.41, 5.74) is 0. The van der Waals surface area contributed by atoms with E-state index in [0.29, 0.717) is 18.1 Å². The lowest BCUT2D eigenvalue weighted by Gasteiger charge is -2.37. The summed E-state index contributed by atoms with van der Waals surface area (Å²) in [6.07, 6.45) is 0. The van der Waals surface area contributed by atoms with Crippen LogP contribution in [0.15, 0.2) is 0 Å². The SMILES string of the molecule is CCNC(C)C(C)N(CCOC)C(C)COC. The topological polar surface area (TPSA) is 33.7 Å². The van der Waals surface area contributed by atoms with Gasteiger partial charge in [0.15, 0.2) is 0 Å². The third kappa shape index (κ3) is 6.36. The average molecular weight is 246 g/mol. The number of rotatable bonds is 10. The average Bonchev–Trinajstić information content (AvgIpc) is 2.30. The first-order chi connectivity index (χ1) is 8.08. The summed E-state index contributed by atoms with van der Waals surface area (Å²) in [4.78, 5) is 2.44. The van der Waals surface area contributed by atoms with Gasteiger partial charge in [-0.3, -0.25) is 4.90 Å². The molecule has 4 heteroatoms. The molecule has 0 amide bonds. The van der Waals surface area contributed by atoms with Crippen molar-refractivity contribution in [1.29, 1.82) is 0 Å². The monoisotopic (exact) mass is 246 g/mol. The molecule has 17 heavy (non-hydrogen) atoms. The summed E-state index contributed by atoms with van der Waals surface area (Å²) in [6.45, 7) is 12.3. The van der Waals surface area contributed by atoms with Gasteiger partial charge in [-0.2, -0.15) is 0 Å². The second kappa shape index (κ2) is 9.83. The second-order valence-electron chi connectivity index (χ2n) is 4.62. The number of hydrogen-bond acceptors (Lipinski definition) is 4. The largest absolute Gasteiger partial charge is 0.383 e. The van der Waals surface area contributed by atoms with E-state index in [1.807, 2.05) is 0 Å². The highest BCUT2D eigenvalue weighted by atomic mass is 16.5. The van der Waals surface area contributed by atoms with E-state index in [9.17, 15) is 0 Å². The van der Waals surface area contributed by atoms with Crippen molar-refractivity contribution in [2.24, 2.45) is 0 Å². The number of nitrogens with one attached hydrogen (secondary N) is 1. The Morgan fingerprint density at radius 2 is 1.76 bits per heavy atom. The van der Waals surface area contributed by atoms with Crippen LogP contribution in [0, 0.1) is 0 Å². The van der Waals surface area contributed by atoms with Gasteiger partial charge in [-0.1, -0.05) is 6.92 Å². The maximum absolute atomic E-state index is 5.25. The van der Waals surface area contributed by atoms with Gasteiger partial charge < -0.3 is 14.8 Å². The van der Waals surface area contributed by atoms with Gasteiger partial charge in [0.1, 0.15) is 0 Å². The molecule has 0 fully saturated rings. The van der Waals surface area contributed by atoms with Crippen LogP contribution in [0.4, 0.5) is 0 Å². The predicted octanol–water partition coefficient (Wildman–Crippen LogP) is 1.36. The third-order valence-corrected chi connectivity index (χ3v) is 3.30. The molecule has 1 N–H and O–H groups in total. The van der Waals surface area contributed by atoms with E-state index in [0.717, 1.165) is 26.3 Å². The molecular weight excluding hydrogens is 216 g/mol. The molecule has 0 rings (SSSR count). The molecule has 3 unspecified atom stereocenters. The molecule has 0 spiro atoms. The first-order valence-electron chi connectivity index (χ1n) is 6.55. The van der Waals surface area contributed by atoms with E-state index in [-0.39, 0.29) is 0 Å². The zero-order chi connectivity index (χ0) is 13.3. The fourth-order valence-corrected chi connectivity index (χ4v) is 2.14. The number of ether oxygens (including phenoxy) is 2. The third-order valence-electron chi connectivity index (χ3n) is 3.30. The minimum Gasteiger partial charge on any atom is -0.383 e. The van der Waals surface area contributed by atoms with Crippen LogP contribution >= 0.6 is 0 Å². The summed E-state index contributed by atoms with van der Waals surface area (Å²) < 4.78 is 10.4. The molecule has 0 radical (unpaired) electrons. The normalized spacial score (nSPS) is 17.1. The molecule has 0 saturated heterocycles. The fourth-order valence-electron chi connectivity index (χ4n) is 2.14. The van der Waals surface area contributed by atoms with Gasteiger partial charge in [0.25, 0.3) is 0 Å². The Balaban J connectivity index is 4.42. The van der Waals surface area contributed by atoms with Gasteiger partial charge in [-0.15, -0.1) is 0 Å². The lowest BCUT2D eigenvalue weighted by Crippen LogP contribution is -2.52. The zero-order valence-corrected chi connectivity index (χ0v) is 12.3. The number of hydrogen-bond donors (Lipinski definition) is 1. The lowest BCUT2D eigenvalue weighted by atomic mass is 10.1. The van der Waals surface area contributed by atoms with Crippen molar-refractivity contribution < 1.29 is 9.47 Å². The Labute approximate surface area is 107 Å². The van der Waals surface area contributed by atoms with E-state index >= 15 is 0 Å².